The lowest BCUT2D eigenvalue weighted by molar-refractivity contribution is -0.139. The highest BCUT2D eigenvalue weighted by molar-refractivity contribution is 9.10. The normalized spacial score (nSPS) is 11.7. The van der Waals surface area contributed by atoms with Crippen molar-refractivity contribution in [3.63, 3.8) is 0 Å². The van der Waals surface area contributed by atoms with Crippen molar-refractivity contribution in [1.82, 2.24) is 10.3 Å². The van der Waals surface area contributed by atoms with Gasteiger partial charge in [-0.1, -0.05) is 30.3 Å². The van der Waals surface area contributed by atoms with Crippen molar-refractivity contribution < 1.29 is 14.7 Å². The number of nitrogens with one attached hydrogen (secondary N) is 1. The fourth-order valence-corrected chi connectivity index (χ4v) is 2.26. The highest BCUT2D eigenvalue weighted by atomic mass is 79.9. The molecule has 0 aliphatic rings. The monoisotopic (exact) mass is 348 g/mol. The minimum absolute atomic E-state index is 0.164. The molecule has 2 aromatic rings. The SMILES string of the molecule is O=C(N[C@H](Cc1ccccc1)C(=O)O)c1ncccc1Br. The van der Waals surface area contributed by atoms with Crippen LogP contribution in [0.1, 0.15) is 16.1 Å². The maximum absolute atomic E-state index is 12.1. The molecule has 2 rings (SSSR count). The Balaban J connectivity index is 2.12. The lowest BCUT2D eigenvalue weighted by Crippen LogP contribution is -2.42. The van der Waals surface area contributed by atoms with Crippen LogP contribution in [0.15, 0.2) is 53.1 Å². The minimum Gasteiger partial charge on any atom is -0.480 e. The van der Waals surface area contributed by atoms with Gasteiger partial charge in [0, 0.05) is 17.1 Å². The molecule has 0 bridgehead atoms. The number of halogens is 1. The Labute approximate surface area is 130 Å². The van der Waals surface area contributed by atoms with Crippen LogP contribution in [-0.4, -0.2) is 28.0 Å². The van der Waals surface area contributed by atoms with Crippen LogP contribution in [0.4, 0.5) is 0 Å². The first-order chi connectivity index (χ1) is 10.1. The predicted octanol–water partition coefficient (Wildman–Crippen LogP) is 2.27. The van der Waals surface area contributed by atoms with Crippen LogP contribution in [0.2, 0.25) is 0 Å². The molecule has 0 saturated carbocycles. The van der Waals surface area contributed by atoms with E-state index < -0.39 is 17.9 Å². The number of nitrogens with zero attached hydrogens (tertiary/aromatic N) is 1. The number of carbonyl (C=O) groups is 2. The van der Waals surface area contributed by atoms with Gasteiger partial charge in [0.2, 0.25) is 0 Å². The number of aliphatic carboxylic acids is 1. The van der Waals surface area contributed by atoms with Crippen LogP contribution in [0.25, 0.3) is 0 Å². The van der Waals surface area contributed by atoms with Gasteiger partial charge in [-0.3, -0.25) is 4.79 Å². The van der Waals surface area contributed by atoms with Crippen LogP contribution < -0.4 is 5.32 Å². The highest BCUT2D eigenvalue weighted by Crippen LogP contribution is 2.13. The quantitative estimate of drug-likeness (QED) is 0.868. The Morgan fingerprint density at radius 3 is 2.52 bits per heavy atom. The first kappa shape index (κ1) is 15.2. The summed E-state index contributed by atoms with van der Waals surface area (Å²) >= 11 is 3.22. The second-order valence-corrected chi connectivity index (χ2v) is 5.24. The Kier molecular flexibility index (Phi) is 5.05. The van der Waals surface area contributed by atoms with Gasteiger partial charge in [-0.25, -0.2) is 9.78 Å². The predicted molar refractivity (Wildman–Crippen MR) is 81.0 cm³/mol. The molecule has 1 aromatic heterocycles. The molecule has 0 aliphatic carbocycles. The molecule has 0 saturated heterocycles. The molecular weight excluding hydrogens is 336 g/mol. The van der Waals surface area contributed by atoms with Gasteiger partial charge in [0.25, 0.3) is 5.91 Å². The van der Waals surface area contributed by atoms with Crippen molar-refractivity contribution >= 4 is 27.8 Å². The van der Waals surface area contributed by atoms with E-state index in [2.05, 4.69) is 26.2 Å². The minimum atomic E-state index is -1.08. The second-order valence-electron chi connectivity index (χ2n) is 4.39. The van der Waals surface area contributed by atoms with Crippen molar-refractivity contribution in [1.29, 1.82) is 0 Å². The van der Waals surface area contributed by atoms with E-state index in [4.69, 9.17) is 0 Å². The summed E-state index contributed by atoms with van der Waals surface area (Å²) in [5.41, 5.74) is 1.00. The molecule has 0 unspecified atom stereocenters. The molecule has 1 amide bonds. The molecule has 0 aliphatic heterocycles. The van der Waals surface area contributed by atoms with Crippen molar-refractivity contribution in [3.8, 4) is 0 Å². The van der Waals surface area contributed by atoms with Crippen LogP contribution in [0.5, 0.6) is 0 Å². The molecule has 0 radical (unpaired) electrons. The van der Waals surface area contributed by atoms with Gasteiger partial charge in [0.15, 0.2) is 0 Å². The first-order valence-corrected chi connectivity index (χ1v) is 7.05. The van der Waals surface area contributed by atoms with Gasteiger partial charge < -0.3 is 10.4 Å². The average Bonchev–Trinajstić information content (AvgIpc) is 2.48. The number of carboxylic acids is 1. The van der Waals surface area contributed by atoms with E-state index in [0.717, 1.165) is 5.56 Å². The molecule has 2 N–H and O–H groups in total. The maximum Gasteiger partial charge on any atom is 0.326 e. The van der Waals surface area contributed by atoms with Gasteiger partial charge in [-0.15, -0.1) is 0 Å². The number of benzene rings is 1. The molecule has 6 heteroatoms. The summed E-state index contributed by atoms with van der Waals surface area (Å²) in [7, 11) is 0. The van der Waals surface area contributed by atoms with Gasteiger partial charge in [0.1, 0.15) is 11.7 Å². The number of hydrogen-bond acceptors (Lipinski definition) is 3. The highest BCUT2D eigenvalue weighted by Gasteiger charge is 2.22. The number of amides is 1. The van der Waals surface area contributed by atoms with E-state index in [0.29, 0.717) is 4.47 Å². The van der Waals surface area contributed by atoms with E-state index in [1.807, 2.05) is 30.3 Å². The topological polar surface area (TPSA) is 79.3 Å². The molecule has 108 valence electrons. The molecule has 21 heavy (non-hydrogen) atoms. The largest absolute Gasteiger partial charge is 0.480 e. The van der Waals surface area contributed by atoms with E-state index in [1.54, 1.807) is 12.1 Å². The molecule has 0 spiro atoms. The smallest absolute Gasteiger partial charge is 0.326 e. The number of pyridine rings is 1. The van der Waals surface area contributed by atoms with E-state index in [-0.39, 0.29) is 12.1 Å². The third-order valence-corrected chi connectivity index (χ3v) is 3.50. The number of hydrogen-bond donors (Lipinski definition) is 2. The molecule has 0 fully saturated rings. The molecule has 5 nitrogen and oxygen atoms in total. The fourth-order valence-electron chi connectivity index (χ4n) is 1.83. The van der Waals surface area contributed by atoms with Gasteiger partial charge >= 0.3 is 5.97 Å². The third-order valence-electron chi connectivity index (χ3n) is 2.86. The third kappa shape index (κ3) is 4.13. The zero-order chi connectivity index (χ0) is 15.2. The number of carboxylic acid groups (broad SMARTS) is 1. The zero-order valence-electron chi connectivity index (χ0n) is 11.0. The molecule has 1 heterocycles. The van der Waals surface area contributed by atoms with E-state index >= 15 is 0 Å². The number of carbonyl (C=O) groups excluding carboxylic acids is 1. The Morgan fingerprint density at radius 1 is 1.19 bits per heavy atom. The summed E-state index contributed by atoms with van der Waals surface area (Å²) in [6, 6.07) is 11.5. The average molecular weight is 349 g/mol. The Morgan fingerprint density at radius 2 is 1.90 bits per heavy atom. The maximum atomic E-state index is 12.1. The lowest BCUT2D eigenvalue weighted by atomic mass is 10.1. The number of rotatable bonds is 5. The van der Waals surface area contributed by atoms with Crippen molar-refractivity contribution in [3.05, 3.63) is 64.4 Å². The second kappa shape index (κ2) is 6.99. The van der Waals surface area contributed by atoms with Crippen molar-refractivity contribution in [2.24, 2.45) is 0 Å². The van der Waals surface area contributed by atoms with Gasteiger partial charge in [0.05, 0.1) is 0 Å². The van der Waals surface area contributed by atoms with E-state index in [9.17, 15) is 14.7 Å². The fraction of sp³-hybridized carbons (Fsp3) is 0.133. The summed E-state index contributed by atoms with van der Waals surface area (Å²) in [5.74, 6) is -1.61. The van der Waals surface area contributed by atoms with Crippen LogP contribution >= 0.6 is 15.9 Å². The van der Waals surface area contributed by atoms with Crippen molar-refractivity contribution in [2.75, 3.05) is 0 Å². The van der Waals surface area contributed by atoms with Gasteiger partial charge in [-0.2, -0.15) is 0 Å². The summed E-state index contributed by atoms with van der Waals surface area (Å²) in [6.45, 7) is 0. The van der Waals surface area contributed by atoms with E-state index in [1.165, 1.54) is 6.20 Å². The Hall–Kier alpha value is -2.21. The lowest BCUT2D eigenvalue weighted by Gasteiger charge is -2.14. The molecule has 1 aromatic carbocycles. The molecule has 1 atom stereocenters. The van der Waals surface area contributed by atoms with Crippen LogP contribution in [-0.2, 0) is 11.2 Å². The summed E-state index contributed by atoms with van der Waals surface area (Å²) < 4.78 is 0.520. The van der Waals surface area contributed by atoms with Crippen LogP contribution in [0, 0.1) is 0 Å². The summed E-state index contributed by atoms with van der Waals surface area (Å²) in [5, 5.41) is 11.7. The van der Waals surface area contributed by atoms with Crippen LogP contribution in [0.3, 0.4) is 0 Å². The molecular formula is C15H13BrN2O3. The Bertz CT molecular complexity index is 646. The summed E-state index contributed by atoms with van der Waals surface area (Å²) in [6.07, 6.45) is 1.69. The zero-order valence-corrected chi connectivity index (χ0v) is 12.6. The van der Waals surface area contributed by atoms with Crippen molar-refractivity contribution in [2.45, 2.75) is 12.5 Å². The van der Waals surface area contributed by atoms with Gasteiger partial charge in [-0.05, 0) is 33.6 Å². The summed E-state index contributed by atoms with van der Waals surface area (Å²) in [4.78, 5) is 27.4. The standard InChI is InChI=1S/C15H13BrN2O3/c16-11-7-4-8-17-13(11)14(19)18-12(15(20)21)9-10-5-2-1-3-6-10/h1-8,12H,9H2,(H,18,19)(H,20,21)/t12-/m1/s1. The first-order valence-electron chi connectivity index (χ1n) is 6.26. The number of aromatic nitrogens is 1.